The molecule has 1 fully saturated rings. The minimum absolute atomic E-state index is 0.323. The van der Waals surface area contributed by atoms with E-state index in [2.05, 4.69) is 34.6 Å². The van der Waals surface area contributed by atoms with Gasteiger partial charge >= 0.3 is 0 Å². The van der Waals surface area contributed by atoms with Gasteiger partial charge in [0, 0.05) is 38.7 Å². The molecule has 0 unspecified atom stereocenters. The molecule has 2 rings (SSSR count). The van der Waals surface area contributed by atoms with E-state index in [9.17, 15) is 0 Å². The molecule has 1 aromatic heterocycles. The van der Waals surface area contributed by atoms with Gasteiger partial charge in [-0.25, -0.2) is 0 Å². The van der Waals surface area contributed by atoms with E-state index in [0.29, 0.717) is 12.5 Å². The Morgan fingerprint density at radius 2 is 2.19 bits per heavy atom. The fourth-order valence-corrected chi connectivity index (χ4v) is 2.24. The van der Waals surface area contributed by atoms with E-state index >= 15 is 0 Å². The molecule has 1 aliphatic rings. The Hall–Kier alpha value is -0.870. The van der Waals surface area contributed by atoms with Gasteiger partial charge in [0.1, 0.15) is 0 Å². The Morgan fingerprint density at radius 1 is 1.44 bits per heavy atom. The number of aryl methyl sites for hydroxylation is 2. The summed E-state index contributed by atoms with van der Waals surface area (Å²) in [6, 6.07) is 2.20. The highest BCUT2D eigenvalue weighted by molar-refractivity contribution is 5.11. The van der Waals surface area contributed by atoms with E-state index in [-0.39, 0.29) is 0 Å². The number of nitrogens with zero attached hydrogens (tertiary/aromatic N) is 3. The molecule has 0 bridgehead atoms. The number of aromatic nitrogens is 2. The van der Waals surface area contributed by atoms with Gasteiger partial charge in [-0.2, -0.15) is 5.10 Å². The Labute approximate surface area is 96.9 Å². The lowest BCUT2D eigenvalue weighted by atomic mass is 10.0. The van der Waals surface area contributed by atoms with E-state index < -0.39 is 0 Å². The lowest BCUT2D eigenvalue weighted by Gasteiger charge is -2.38. The smallest absolute Gasteiger partial charge is 0.0625 e. The van der Waals surface area contributed by atoms with Crippen molar-refractivity contribution in [3.63, 3.8) is 0 Å². The highest BCUT2D eigenvalue weighted by Crippen LogP contribution is 2.18. The largest absolute Gasteiger partial charge is 0.396 e. The third-order valence-electron chi connectivity index (χ3n) is 3.25. The molecular formula is C12H21N3O. The normalized spacial score (nSPS) is 17.7. The summed E-state index contributed by atoms with van der Waals surface area (Å²) in [5.41, 5.74) is 2.48. The van der Waals surface area contributed by atoms with Gasteiger partial charge < -0.3 is 5.11 Å². The van der Waals surface area contributed by atoms with Crippen LogP contribution in [0.15, 0.2) is 6.07 Å². The van der Waals surface area contributed by atoms with Gasteiger partial charge in [0.2, 0.25) is 0 Å². The molecule has 4 heteroatoms. The quantitative estimate of drug-likeness (QED) is 0.806. The van der Waals surface area contributed by atoms with Gasteiger partial charge in [0.25, 0.3) is 0 Å². The van der Waals surface area contributed by atoms with Crippen LogP contribution >= 0.6 is 0 Å². The zero-order chi connectivity index (χ0) is 11.5. The van der Waals surface area contributed by atoms with Crippen molar-refractivity contribution in [3.8, 4) is 0 Å². The van der Waals surface area contributed by atoms with Crippen LogP contribution in [0.4, 0.5) is 0 Å². The summed E-state index contributed by atoms with van der Waals surface area (Å²) < 4.78 is 2.09. The molecule has 0 spiro atoms. The summed E-state index contributed by atoms with van der Waals surface area (Å²) >= 11 is 0. The first-order valence-corrected chi connectivity index (χ1v) is 6.15. The predicted octanol–water partition coefficient (Wildman–Crippen LogP) is 0.889. The maximum Gasteiger partial charge on any atom is 0.0625 e. The first-order chi connectivity index (χ1) is 7.76. The van der Waals surface area contributed by atoms with Crippen LogP contribution in [0.2, 0.25) is 0 Å². The van der Waals surface area contributed by atoms with Crippen molar-refractivity contribution in [2.75, 3.05) is 19.7 Å². The molecule has 2 heterocycles. The van der Waals surface area contributed by atoms with Crippen LogP contribution in [0.5, 0.6) is 0 Å². The SMILES string of the molecule is CCc1cc(CN2CC(CO)C2)n(CC)n1. The number of aliphatic hydroxyl groups is 1. The number of likely N-dealkylation sites (tertiary alicyclic amines) is 1. The topological polar surface area (TPSA) is 41.3 Å². The standard InChI is InChI=1S/C12H21N3O/c1-3-11-5-12(15(4-2)13-11)8-14-6-10(7-14)9-16/h5,10,16H,3-4,6-9H2,1-2H3. The van der Waals surface area contributed by atoms with Crippen LogP contribution in [-0.4, -0.2) is 39.5 Å². The van der Waals surface area contributed by atoms with E-state index in [0.717, 1.165) is 32.6 Å². The highest BCUT2D eigenvalue weighted by atomic mass is 16.3. The van der Waals surface area contributed by atoms with Crippen molar-refractivity contribution < 1.29 is 5.11 Å². The number of hydrogen-bond acceptors (Lipinski definition) is 3. The lowest BCUT2D eigenvalue weighted by molar-refractivity contribution is 0.0459. The maximum atomic E-state index is 8.97. The molecule has 0 aliphatic carbocycles. The molecule has 16 heavy (non-hydrogen) atoms. The average molecular weight is 223 g/mol. The van der Waals surface area contributed by atoms with E-state index in [1.54, 1.807) is 0 Å². The van der Waals surface area contributed by atoms with Crippen molar-refractivity contribution >= 4 is 0 Å². The minimum atomic E-state index is 0.323. The zero-order valence-corrected chi connectivity index (χ0v) is 10.2. The first kappa shape index (κ1) is 11.6. The van der Waals surface area contributed by atoms with Gasteiger partial charge in [0.15, 0.2) is 0 Å². The van der Waals surface area contributed by atoms with E-state index in [1.807, 2.05) is 0 Å². The number of hydrogen-bond donors (Lipinski definition) is 1. The van der Waals surface area contributed by atoms with Gasteiger partial charge in [-0.05, 0) is 19.4 Å². The molecule has 90 valence electrons. The third kappa shape index (κ3) is 2.28. The molecular weight excluding hydrogens is 202 g/mol. The summed E-state index contributed by atoms with van der Waals surface area (Å²) in [6.07, 6.45) is 0.999. The van der Waals surface area contributed by atoms with Crippen molar-refractivity contribution in [1.29, 1.82) is 0 Å². The second-order valence-corrected chi connectivity index (χ2v) is 4.54. The molecule has 0 amide bonds. The summed E-state index contributed by atoms with van der Waals surface area (Å²) in [4.78, 5) is 2.36. The third-order valence-corrected chi connectivity index (χ3v) is 3.25. The Morgan fingerprint density at radius 3 is 2.75 bits per heavy atom. The van der Waals surface area contributed by atoms with Gasteiger partial charge in [0.05, 0.1) is 11.4 Å². The van der Waals surface area contributed by atoms with E-state index in [4.69, 9.17) is 5.11 Å². The molecule has 0 atom stereocenters. The molecule has 1 aliphatic heterocycles. The van der Waals surface area contributed by atoms with Crippen molar-refractivity contribution in [2.45, 2.75) is 33.4 Å². The van der Waals surface area contributed by atoms with Crippen molar-refractivity contribution in [3.05, 3.63) is 17.5 Å². The molecule has 0 radical (unpaired) electrons. The zero-order valence-electron chi connectivity index (χ0n) is 10.2. The second-order valence-electron chi connectivity index (χ2n) is 4.54. The Balaban J connectivity index is 1.96. The average Bonchev–Trinajstić information content (AvgIpc) is 2.65. The molecule has 0 saturated carbocycles. The van der Waals surface area contributed by atoms with E-state index in [1.165, 1.54) is 11.4 Å². The summed E-state index contributed by atoms with van der Waals surface area (Å²) in [6.45, 7) is 8.54. The van der Waals surface area contributed by atoms with Gasteiger partial charge in [-0.15, -0.1) is 0 Å². The molecule has 1 saturated heterocycles. The Kier molecular flexibility index (Phi) is 3.61. The minimum Gasteiger partial charge on any atom is -0.396 e. The fourth-order valence-electron chi connectivity index (χ4n) is 2.24. The maximum absolute atomic E-state index is 8.97. The lowest BCUT2D eigenvalue weighted by Crippen LogP contribution is -2.47. The predicted molar refractivity (Wildman–Crippen MR) is 63.1 cm³/mol. The molecule has 4 nitrogen and oxygen atoms in total. The van der Waals surface area contributed by atoms with Crippen molar-refractivity contribution in [1.82, 2.24) is 14.7 Å². The summed E-state index contributed by atoms with van der Waals surface area (Å²) in [5, 5.41) is 13.5. The molecule has 0 aromatic carbocycles. The number of rotatable bonds is 5. The number of aliphatic hydroxyl groups excluding tert-OH is 1. The van der Waals surface area contributed by atoms with Crippen LogP contribution in [0.3, 0.4) is 0 Å². The van der Waals surface area contributed by atoms with Crippen LogP contribution in [0.1, 0.15) is 25.2 Å². The van der Waals surface area contributed by atoms with Crippen LogP contribution in [0.25, 0.3) is 0 Å². The molecule has 1 N–H and O–H groups in total. The highest BCUT2D eigenvalue weighted by Gasteiger charge is 2.26. The van der Waals surface area contributed by atoms with Crippen molar-refractivity contribution in [2.24, 2.45) is 5.92 Å². The monoisotopic (exact) mass is 223 g/mol. The summed E-state index contributed by atoms with van der Waals surface area (Å²) in [5.74, 6) is 0.489. The van der Waals surface area contributed by atoms with Crippen LogP contribution in [0, 0.1) is 5.92 Å². The van der Waals surface area contributed by atoms with Crippen LogP contribution < -0.4 is 0 Å². The first-order valence-electron chi connectivity index (χ1n) is 6.15. The Bertz CT molecular complexity index is 342. The fraction of sp³-hybridized carbons (Fsp3) is 0.750. The molecule has 1 aromatic rings. The van der Waals surface area contributed by atoms with Gasteiger partial charge in [-0.3, -0.25) is 9.58 Å². The summed E-state index contributed by atoms with van der Waals surface area (Å²) in [7, 11) is 0. The second kappa shape index (κ2) is 4.97. The van der Waals surface area contributed by atoms with Crippen LogP contribution in [-0.2, 0) is 19.5 Å². The van der Waals surface area contributed by atoms with Gasteiger partial charge in [-0.1, -0.05) is 6.92 Å².